The Hall–Kier alpha value is -2.10. The second-order valence-corrected chi connectivity index (χ2v) is 8.27. The highest BCUT2D eigenvalue weighted by Crippen LogP contribution is 2.39. The van der Waals surface area contributed by atoms with E-state index in [-0.39, 0.29) is 5.41 Å². The van der Waals surface area contributed by atoms with Crippen molar-refractivity contribution in [2.75, 3.05) is 13.1 Å². The van der Waals surface area contributed by atoms with Gasteiger partial charge in [-0.2, -0.15) is 0 Å². The first-order chi connectivity index (χ1) is 12.6. The van der Waals surface area contributed by atoms with Gasteiger partial charge in [0.1, 0.15) is 5.82 Å². The molecule has 1 amide bonds. The number of hydrogen-bond donors (Lipinski definition) is 0. The van der Waals surface area contributed by atoms with Crippen molar-refractivity contribution in [1.82, 2.24) is 14.5 Å². The lowest BCUT2D eigenvalue weighted by atomic mass is 9.75. The summed E-state index contributed by atoms with van der Waals surface area (Å²) in [5.74, 6) is 1.39. The summed E-state index contributed by atoms with van der Waals surface area (Å²) >= 11 is 0. The van der Waals surface area contributed by atoms with Crippen molar-refractivity contribution >= 4 is 5.91 Å². The molecule has 2 heterocycles. The van der Waals surface area contributed by atoms with E-state index in [0.29, 0.717) is 11.9 Å². The van der Waals surface area contributed by atoms with E-state index in [1.165, 1.54) is 25.0 Å². The number of aromatic nitrogens is 2. The zero-order chi connectivity index (χ0) is 18.1. The van der Waals surface area contributed by atoms with Crippen LogP contribution in [0.2, 0.25) is 0 Å². The number of carbonyl (C=O) groups is 1. The molecule has 1 aromatic heterocycles. The molecule has 4 rings (SSSR count). The topological polar surface area (TPSA) is 38.1 Å². The summed E-state index contributed by atoms with van der Waals surface area (Å²) in [5.41, 5.74) is 2.18. The number of likely N-dealkylation sites (tertiary alicyclic amines) is 1. The summed E-state index contributed by atoms with van der Waals surface area (Å²) in [5, 5.41) is 0. The number of imidazole rings is 1. The molecule has 1 aliphatic carbocycles. The smallest absolute Gasteiger partial charge is 0.228 e. The van der Waals surface area contributed by atoms with Gasteiger partial charge >= 0.3 is 0 Å². The molecule has 1 aliphatic heterocycles. The zero-order valence-corrected chi connectivity index (χ0v) is 15.9. The lowest BCUT2D eigenvalue weighted by molar-refractivity contribution is -0.142. The number of nitrogens with zero attached hydrogens (tertiary/aromatic N) is 3. The van der Waals surface area contributed by atoms with Crippen LogP contribution >= 0.6 is 0 Å². The SMILES string of the molecule is Cc1cnc(-c2ccccc2)n1C1CCN(C(=O)C2(C)CCCCC2)C1. The van der Waals surface area contributed by atoms with Crippen LogP contribution in [0.3, 0.4) is 0 Å². The molecule has 0 bridgehead atoms. The van der Waals surface area contributed by atoms with E-state index in [2.05, 4.69) is 52.6 Å². The fourth-order valence-electron chi connectivity index (χ4n) is 4.77. The quantitative estimate of drug-likeness (QED) is 0.810. The Morgan fingerprint density at radius 1 is 1.15 bits per heavy atom. The Balaban J connectivity index is 1.55. The highest BCUT2D eigenvalue weighted by atomic mass is 16.2. The molecule has 2 aromatic rings. The van der Waals surface area contributed by atoms with Gasteiger partial charge in [0.2, 0.25) is 5.91 Å². The Kier molecular flexibility index (Phi) is 4.60. The number of amides is 1. The van der Waals surface area contributed by atoms with E-state index in [1.54, 1.807) is 0 Å². The Morgan fingerprint density at radius 3 is 2.62 bits per heavy atom. The van der Waals surface area contributed by atoms with Gasteiger partial charge in [0.25, 0.3) is 0 Å². The van der Waals surface area contributed by atoms with Gasteiger partial charge in [-0.3, -0.25) is 4.79 Å². The number of aryl methyl sites for hydroxylation is 1. The summed E-state index contributed by atoms with van der Waals surface area (Å²) in [4.78, 5) is 20.0. The summed E-state index contributed by atoms with van der Waals surface area (Å²) in [6.45, 7) is 5.97. The van der Waals surface area contributed by atoms with Crippen molar-refractivity contribution < 1.29 is 4.79 Å². The minimum Gasteiger partial charge on any atom is -0.340 e. The minimum atomic E-state index is -0.140. The first-order valence-electron chi connectivity index (χ1n) is 9.97. The summed E-state index contributed by atoms with van der Waals surface area (Å²) < 4.78 is 2.34. The van der Waals surface area contributed by atoms with Gasteiger partial charge < -0.3 is 9.47 Å². The van der Waals surface area contributed by atoms with Crippen LogP contribution in [0.15, 0.2) is 36.5 Å². The van der Waals surface area contributed by atoms with Crippen LogP contribution in [0.25, 0.3) is 11.4 Å². The molecule has 1 aromatic carbocycles. The lowest BCUT2D eigenvalue weighted by Gasteiger charge is -2.35. The van der Waals surface area contributed by atoms with Crippen LogP contribution in [0, 0.1) is 12.3 Å². The van der Waals surface area contributed by atoms with E-state index in [0.717, 1.165) is 43.7 Å². The van der Waals surface area contributed by atoms with Crippen molar-refractivity contribution in [3.63, 3.8) is 0 Å². The monoisotopic (exact) mass is 351 g/mol. The second kappa shape index (κ2) is 6.90. The molecule has 2 aliphatic rings. The normalized spacial score (nSPS) is 22.5. The van der Waals surface area contributed by atoms with Crippen LogP contribution in [0.1, 0.15) is 57.2 Å². The van der Waals surface area contributed by atoms with E-state index >= 15 is 0 Å². The predicted octanol–water partition coefficient (Wildman–Crippen LogP) is 4.60. The van der Waals surface area contributed by atoms with Gasteiger partial charge in [-0.25, -0.2) is 4.98 Å². The largest absolute Gasteiger partial charge is 0.340 e. The maximum absolute atomic E-state index is 13.2. The minimum absolute atomic E-state index is 0.140. The van der Waals surface area contributed by atoms with E-state index in [4.69, 9.17) is 0 Å². The number of hydrogen-bond acceptors (Lipinski definition) is 2. The van der Waals surface area contributed by atoms with Gasteiger partial charge in [-0.1, -0.05) is 56.5 Å². The number of rotatable bonds is 3. The molecule has 2 fully saturated rings. The highest BCUT2D eigenvalue weighted by Gasteiger charge is 2.40. The van der Waals surface area contributed by atoms with E-state index in [9.17, 15) is 4.79 Å². The van der Waals surface area contributed by atoms with Crippen molar-refractivity contribution in [1.29, 1.82) is 0 Å². The molecule has 1 atom stereocenters. The molecule has 4 heteroatoms. The molecule has 0 spiro atoms. The fourth-order valence-corrected chi connectivity index (χ4v) is 4.77. The average Bonchev–Trinajstić information content (AvgIpc) is 3.29. The van der Waals surface area contributed by atoms with Crippen LogP contribution in [-0.4, -0.2) is 33.4 Å². The maximum Gasteiger partial charge on any atom is 0.228 e. The molecular formula is C22H29N3O. The molecule has 0 radical (unpaired) electrons. The molecule has 1 unspecified atom stereocenters. The van der Waals surface area contributed by atoms with Gasteiger partial charge in [-0.15, -0.1) is 0 Å². The van der Waals surface area contributed by atoms with E-state index < -0.39 is 0 Å². The fraction of sp³-hybridized carbons (Fsp3) is 0.545. The van der Waals surface area contributed by atoms with Crippen LogP contribution in [0.4, 0.5) is 0 Å². The second-order valence-electron chi connectivity index (χ2n) is 8.27. The van der Waals surface area contributed by atoms with Gasteiger partial charge in [0.15, 0.2) is 0 Å². The standard InChI is InChI=1S/C22H29N3O/c1-17-15-23-20(18-9-5-3-6-10-18)25(17)19-11-14-24(16-19)21(26)22(2)12-7-4-8-13-22/h3,5-6,9-10,15,19H,4,7-8,11-14,16H2,1-2H3. The molecule has 1 saturated heterocycles. The lowest BCUT2D eigenvalue weighted by Crippen LogP contribution is -2.42. The maximum atomic E-state index is 13.2. The summed E-state index contributed by atoms with van der Waals surface area (Å²) in [7, 11) is 0. The predicted molar refractivity (Wildman–Crippen MR) is 104 cm³/mol. The Bertz CT molecular complexity index is 774. The van der Waals surface area contributed by atoms with Crippen LogP contribution in [-0.2, 0) is 4.79 Å². The van der Waals surface area contributed by atoms with Crippen molar-refractivity contribution in [2.24, 2.45) is 5.41 Å². The highest BCUT2D eigenvalue weighted by molar-refractivity contribution is 5.82. The summed E-state index contributed by atoms with van der Waals surface area (Å²) in [6.07, 6.45) is 8.73. The van der Waals surface area contributed by atoms with Gasteiger partial charge in [0, 0.05) is 36.0 Å². The third-order valence-corrected chi connectivity index (χ3v) is 6.30. The van der Waals surface area contributed by atoms with Crippen molar-refractivity contribution in [3.05, 3.63) is 42.2 Å². The summed E-state index contributed by atoms with van der Waals surface area (Å²) in [6, 6.07) is 10.7. The van der Waals surface area contributed by atoms with Gasteiger partial charge in [-0.05, 0) is 26.2 Å². The molecular weight excluding hydrogens is 322 g/mol. The van der Waals surface area contributed by atoms with Crippen LogP contribution in [0.5, 0.6) is 0 Å². The first kappa shape index (κ1) is 17.3. The van der Waals surface area contributed by atoms with Crippen molar-refractivity contribution in [3.8, 4) is 11.4 Å². The Labute approximate surface area is 156 Å². The van der Waals surface area contributed by atoms with Crippen LogP contribution < -0.4 is 0 Å². The Morgan fingerprint density at radius 2 is 1.88 bits per heavy atom. The zero-order valence-electron chi connectivity index (χ0n) is 15.9. The van der Waals surface area contributed by atoms with Gasteiger partial charge in [0.05, 0.1) is 6.04 Å². The molecule has 0 N–H and O–H groups in total. The molecule has 26 heavy (non-hydrogen) atoms. The van der Waals surface area contributed by atoms with Crippen molar-refractivity contribution in [2.45, 2.75) is 58.4 Å². The number of benzene rings is 1. The molecule has 4 nitrogen and oxygen atoms in total. The number of carbonyl (C=O) groups excluding carboxylic acids is 1. The first-order valence-corrected chi connectivity index (χ1v) is 9.97. The van der Waals surface area contributed by atoms with E-state index in [1.807, 2.05) is 12.3 Å². The third kappa shape index (κ3) is 3.06. The molecule has 138 valence electrons. The average molecular weight is 351 g/mol. The third-order valence-electron chi connectivity index (χ3n) is 6.30. The molecule has 1 saturated carbocycles.